The fraction of sp³-hybridized carbons (Fsp3) is 0.211. The lowest BCUT2D eigenvalue weighted by Crippen LogP contribution is -2.17. The number of rotatable bonds is 6. The minimum atomic E-state index is -0.736. The summed E-state index contributed by atoms with van der Waals surface area (Å²) in [7, 11) is 1.28. The molecule has 1 aromatic heterocycles. The first-order valence-corrected chi connectivity index (χ1v) is 8.71. The highest BCUT2D eigenvalue weighted by atomic mass is 16.6. The summed E-state index contributed by atoms with van der Waals surface area (Å²) in [5.74, 6) is -0.235. The third kappa shape index (κ3) is 3.86. The molecule has 0 atom stereocenters. The average molecular weight is 397 g/mol. The molecule has 0 radical (unpaired) electrons. The molecular formula is C19H19N5O5. The second-order valence-electron chi connectivity index (χ2n) is 6.15. The van der Waals surface area contributed by atoms with Crippen molar-refractivity contribution in [2.45, 2.75) is 20.4 Å². The van der Waals surface area contributed by atoms with Crippen molar-refractivity contribution < 1.29 is 19.6 Å². The number of amides is 1. The predicted octanol–water partition coefficient (Wildman–Crippen LogP) is 2.75. The van der Waals surface area contributed by atoms with Gasteiger partial charge in [-0.3, -0.25) is 14.9 Å². The van der Waals surface area contributed by atoms with Gasteiger partial charge < -0.3 is 14.4 Å². The Morgan fingerprint density at radius 3 is 2.83 bits per heavy atom. The van der Waals surface area contributed by atoms with Crippen LogP contribution in [-0.2, 0) is 6.54 Å². The van der Waals surface area contributed by atoms with Crippen LogP contribution in [0.25, 0.3) is 11.0 Å². The number of carbonyl (C=O) groups excluding carboxylic acids is 1. The van der Waals surface area contributed by atoms with Crippen molar-refractivity contribution in [3.8, 4) is 11.5 Å². The molecule has 29 heavy (non-hydrogen) atoms. The van der Waals surface area contributed by atoms with E-state index >= 15 is 0 Å². The Bertz CT molecular complexity index is 1140. The van der Waals surface area contributed by atoms with Crippen LogP contribution >= 0.6 is 0 Å². The number of imidazole rings is 1. The number of nitro groups is 1. The van der Waals surface area contributed by atoms with Crippen molar-refractivity contribution in [1.82, 2.24) is 15.0 Å². The summed E-state index contributed by atoms with van der Waals surface area (Å²) >= 11 is 0. The van der Waals surface area contributed by atoms with Gasteiger partial charge in [-0.1, -0.05) is 0 Å². The van der Waals surface area contributed by atoms with Crippen molar-refractivity contribution in [2.75, 3.05) is 7.11 Å². The number of aryl methyl sites for hydroxylation is 2. The summed E-state index contributed by atoms with van der Waals surface area (Å²) in [4.78, 5) is 27.1. The van der Waals surface area contributed by atoms with Gasteiger partial charge in [0.15, 0.2) is 5.75 Å². The van der Waals surface area contributed by atoms with Crippen LogP contribution < -0.4 is 10.2 Å². The molecule has 0 saturated heterocycles. The van der Waals surface area contributed by atoms with Crippen molar-refractivity contribution >= 4 is 28.8 Å². The zero-order chi connectivity index (χ0) is 21.1. The van der Waals surface area contributed by atoms with E-state index < -0.39 is 22.3 Å². The molecule has 0 aliphatic carbocycles. The summed E-state index contributed by atoms with van der Waals surface area (Å²) in [6, 6.07) is 7.66. The van der Waals surface area contributed by atoms with E-state index in [1.54, 1.807) is 12.1 Å². The molecule has 10 heteroatoms. The first-order chi connectivity index (χ1) is 13.8. The Morgan fingerprint density at radius 1 is 1.41 bits per heavy atom. The fourth-order valence-corrected chi connectivity index (χ4v) is 3.00. The zero-order valence-corrected chi connectivity index (χ0v) is 16.0. The summed E-state index contributed by atoms with van der Waals surface area (Å²) in [5, 5.41) is 24.6. The lowest BCUT2D eigenvalue weighted by Gasteiger charge is -2.05. The van der Waals surface area contributed by atoms with Crippen LogP contribution in [0.5, 0.6) is 11.5 Å². The van der Waals surface area contributed by atoms with Crippen molar-refractivity contribution in [1.29, 1.82) is 0 Å². The highest BCUT2D eigenvalue weighted by molar-refractivity contribution is 5.98. The molecule has 1 heterocycles. The van der Waals surface area contributed by atoms with Gasteiger partial charge in [0.1, 0.15) is 5.82 Å². The Kier molecular flexibility index (Phi) is 5.44. The van der Waals surface area contributed by atoms with Crippen molar-refractivity contribution in [2.24, 2.45) is 5.10 Å². The number of phenolic OH excluding ortho intramolecular Hbond substituents is 1. The second kappa shape index (κ2) is 7.97. The van der Waals surface area contributed by atoms with Crippen LogP contribution in [0.3, 0.4) is 0 Å². The molecule has 0 unspecified atom stereocenters. The molecule has 150 valence electrons. The van der Waals surface area contributed by atoms with E-state index in [2.05, 4.69) is 15.5 Å². The average Bonchev–Trinajstić information content (AvgIpc) is 3.02. The van der Waals surface area contributed by atoms with Gasteiger partial charge in [-0.25, -0.2) is 10.4 Å². The zero-order valence-electron chi connectivity index (χ0n) is 16.0. The fourth-order valence-electron chi connectivity index (χ4n) is 3.00. The molecular weight excluding hydrogens is 378 g/mol. The van der Waals surface area contributed by atoms with Crippen LogP contribution in [0.2, 0.25) is 0 Å². The van der Waals surface area contributed by atoms with Gasteiger partial charge in [0.2, 0.25) is 5.75 Å². The summed E-state index contributed by atoms with van der Waals surface area (Å²) in [6.07, 6.45) is 1.22. The Balaban J connectivity index is 1.80. The molecule has 0 aliphatic heterocycles. The minimum absolute atomic E-state index is 0.0701. The van der Waals surface area contributed by atoms with Crippen LogP contribution in [0.1, 0.15) is 28.7 Å². The highest BCUT2D eigenvalue weighted by Crippen LogP contribution is 2.36. The molecule has 3 aromatic rings. The predicted molar refractivity (Wildman–Crippen MR) is 107 cm³/mol. The minimum Gasteiger partial charge on any atom is -0.500 e. The smallest absolute Gasteiger partial charge is 0.315 e. The number of nitro benzene ring substituents is 1. The maximum absolute atomic E-state index is 12.4. The number of benzene rings is 2. The third-order valence-electron chi connectivity index (χ3n) is 4.39. The maximum Gasteiger partial charge on any atom is 0.315 e. The Labute approximate surface area is 165 Å². The second-order valence-corrected chi connectivity index (χ2v) is 6.15. The van der Waals surface area contributed by atoms with Gasteiger partial charge in [-0.15, -0.1) is 0 Å². The number of methoxy groups -OCH3 is 1. The van der Waals surface area contributed by atoms with Gasteiger partial charge >= 0.3 is 5.69 Å². The van der Waals surface area contributed by atoms with Crippen molar-refractivity contribution in [3.63, 3.8) is 0 Å². The third-order valence-corrected chi connectivity index (χ3v) is 4.39. The highest BCUT2D eigenvalue weighted by Gasteiger charge is 2.19. The van der Waals surface area contributed by atoms with Crippen LogP contribution in [0.15, 0.2) is 35.4 Å². The Morgan fingerprint density at radius 2 is 2.17 bits per heavy atom. The van der Waals surface area contributed by atoms with E-state index in [9.17, 15) is 20.0 Å². The number of ether oxygens (including phenoxy) is 1. The van der Waals surface area contributed by atoms with Gasteiger partial charge in [-0.2, -0.15) is 5.10 Å². The van der Waals surface area contributed by atoms with Crippen LogP contribution in [0, 0.1) is 17.0 Å². The molecule has 0 aliphatic rings. The number of hydrazone groups is 1. The normalized spacial score (nSPS) is 11.1. The summed E-state index contributed by atoms with van der Waals surface area (Å²) < 4.78 is 6.96. The number of aromatic nitrogens is 2. The van der Waals surface area contributed by atoms with Gasteiger partial charge in [-0.05, 0) is 38.1 Å². The van der Waals surface area contributed by atoms with E-state index in [4.69, 9.17) is 4.74 Å². The molecule has 0 fully saturated rings. The first-order valence-electron chi connectivity index (χ1n) is 8.71. The van der Waals surface area contributed by atoms with E-state index in [-0.39, 0.29) is 11.3 Å². The van der Waals surface area contributed by atoms with E-state index in [1.165, 1.54) is 19.4 Å². The number of hydrogen-bond donors (Lipinski definition) is 2. The lowest BCUT2D eigenvalue weighted by atomic mass is 10.2. The number of phenols is 1. The molecule has 2 aromatic carbocycles. The van der Waals surface area contributed by atoms with Crippen molar-refractivity contribution in [3.05, 3.63) is 57.4 Å². The summed E-state index contributed by atoms with van der Waals surface area (Å²) in [6.45, 7) is 4.70. The number of fused-ring (bicyclic) bond motifs is 1. The molecule has 10 nitrogen and oxygen atoms in total. The van der Waals surface area contributed by atoms with Crippen LogP contribution in [-0.4, -0.2) is 38.8 Å². The number of nitrogens with one attached hydrogen (secondary N) is 1. The molecule has 0 bridgehead atoms. The first kappa shape index (κ1) is 19.8. The quantitative estimate of drug-likeness (QED) is 0.373. The SMILES string of the molecule is CCn1c(C)nc2cc(C(=O)N/N=C\c3cc(OC)c(O)c([N+](=O)[O-])c3)ccc21. The number of hydrogen-bond acceptors (Lipinski definition) is 7. The largest absolute Gasteiger partial charge is 0.500 e. The van der Waals surface area contributed by atoms with Gasteiger partial charge in [0.05, 0.1) is 29.3 Å². The van der Waals surface area contributed by atoms with E-state index in [0.29, 0.717) is 11.1 Å². The monoisotopic (exact) mass is 397 g/mol. The van der Waals surface area contributed by atoms with E-state index in [0.717, 1.165) is 24.0 Å². The lowest BCUT2D eigenvalue weighted by molar-refractivity contribution is -0.386. The molecule has 3 rings (SSSR count). The van der Waals surface area contributed by atoms with Gasteiger partial charge in [0, 0.05) is 23.7 Å². The molecule has 1 amide bonds. The van der Waals surface area contributed by atoms with E-state index in [1.807, 2.05) is 24.5 Å². The molecule has 0 spiro atoms. The topological polar surface area (TPSA) is 132 Å². The summed E-state index contributed by atoms with van der Waals surface area (Å²) in [5.41, 5.74) is 4.15. The van der Waals surface area contributed by atoms with Crippen LogP contribution in [0.4, 0.5) is 5.69 Å². The number of carbonyl (C=O) groups is 1. The maximum atomic E-state index is 12.4. The number of aromatic hydroxyl groups is 1. The molecule has 2 N–H and O–H groups in total. The standard InChI is InChI=1S/C19H19N5O5/c1-4-23-11(2)21-14-9-13(5-6-15(14)23)19(26)22-20-10-12-7-16(24(27)28)18(25)17(8-12)29-3/h5-10,25H,4H2,1-3H3,(H,22,26)/b20-10-. The number of nitrogens with zero attached hydrogens (tertiary/aromatic N) is 4. The van der Waals surface area contributed by atoms with Gasteiger partial charge in [0.25, 0.3) is 5.91 Å². The molecule has 0 saturated carbocycles. The Hall–Kier alpha value is -3.95.